The summed E-state index contributed by atoms with van der Waals surface area (Å²) in [6, 6.07) is 21.1. The second kappa shape index (κ2) is 5.66. The molecule has 0 fully saturated rings. The van der Waals surface area contributed by atoms with Gasteiger partial charge in [0.25, 0.3) is 5.56 Å². The largest absolute Gasteiger partial charge is 0.446 e. The molecule has 0 radical (unpaired) electrons. The van der Waals surface area contributed by atoms with E-state index < -0.39 is 0 Å². The zero-order chi connectivity index (χ0) is 16.5. The highest BCUT2D eigenvalue weighted by Crippen LogP contribution is 2.38. The Hall–Kier alpha value is -3.40. The number of benzene rings is 3. The predicted octanol–water partition coefficient (Wildman–Crippen LogP) is 4.10. The molecule has 0 saturated heterocycles. The molecule has 2 N–H and O–H groups in total. The van der Waals surface area contributed by atoms with Crippen LogP contribution in [0.4, 0.5) is 5.69 Å². The first kappa shape index (κ1) is 14.2. The maximum Gasteiger partial charge on any atom is 0.276 e. The van der Waals surface area contributed by atoms with Gasteiger partial charge in [0.05, 0.1) is 11.8 Å². The summed E-state index contributed by atoms with van der Waals surface area (Å²) in [6.45, 7) is 0. The summed E-state index contributed by atoms with van der Waals surface area (Å²) in [7, 11) is 0. The van der Waals surface area contributed by atoms with Crippen LogP contribution in [0.1, 0.15) is 0 Å². The van der Waals surface area contributed by atoms with Crippen LogP contribution < -0.4 is 11.3 Å². The number of anilines is 1. The van der Waals surface area contributed by atoms with Crippen molar-refractivity contribution in [2.75, 3.05) is 5.73 Å². The molecule has 0 unspecified atom stereocenters. The van der Waals surface area contributed by atoms with Gasteiger partial charge in [-0.25, -0.2) is 0 Å². The lowest BCUT2D eigenvalue weighted by Gasteiger charge is -2.13. The van der Waals surface area contributed by atoms with E-state index in [0.29, 0.717) is 11.3 Å². The van der Waals surface area contributed by atoms with Crippen LogP contribution in [0, 0.1) is 0 Å². The Morgan fingerprint density at radius 2 is 1.58 bits per heavy atom. The van der Waals surface area contributed by atoms with Crippen molar-refractivity contribution in [1.29, 1.82) is 0 Å². The molecule has 3 aromatic carbocycles. The Balaban J connectivity index is 2.06. The number of aromatic nitrogens is 1. The van der Waals surface area contributed by atoms with E-state index in [9.17, 15) is 4.79 Å². The van der Waals surface area contributed by atoms with Crippen LogP contribution in [0.25, 0.3) is 33.4 Å². The van der Waals surface area contributed by atoms with Crippen molar-refractivity contribution in [3.63, 3.8) is 0 Å². The molecule has 0 aliphatic rings. The molecule has 0 aliphatic carbocycles. The normalized spacial score (nSPS) is 10.8. The monoisotopic (exact) mass is 314 g/mol. The Morgan fingerprint density at radius 1 is 0.833 bits per heavy atom. The van der Waals surface area contributed by atoms with E-state index in [1.54, 1.807) is 6.07 Å². The minimum absolute atomic E-state index is 0.225. The third-order valence-corrected chi connectivity index (χ3v) is 3.99. The van der Waals surface area contributed by atoms with Gasteiger partial charge in [-0.2, -0.15) is 4.98 Å². The van der Waals surface area contributed by atoms with Crippen LogP contribution in [-0.2, 0) is 0 Å². The summed E-state index contributed by atoms with van der Waals surface area (Å²) in [6.07, 6.45) is 1.34. The van der Waals surface area contributed by atoms with Gasteiger partial charge < -0.3 is 10.2 Å². The Bertz CT molecular complexity index is 1090. The number of hydrogen-bond donors (Lipinski definition) is 1. The Morgan fingerprint density at radius 3 is 2.46 bits per heavy atom. The van der Waals surface area contributed by atoms with Gasteiger partial charge in [-0.3, -0.25) is 4.79 Å². The molecule has 1 aromatic heterocycles. The number of hydrogen-bond acceptors (Lipinski definition) is 4. The van der Waals surface area contributed by atoms with Gasteiger partial charge in [0.15, 0.2) is 0 Å². The van der Waals surface area contributed by atoms with E-state index in [1.807, 2.05) is 36.4 Å². The maximum absolute atomic E-state index is 11.6. The van der Waals surface area contributed by atoms with Crippen molar-refractivity contribution in [2.45, 2.75) is 0 Å². The lowest BCUT2D eigenvalue weighted by molar-refractivity contribution is 0.542. The molecular formula is C20H14N2O2. The summed E-state index contributed by atoms with van der Waals surface area (Å²) < 4.78 is 5.46. The second-order valence-corrected chi connectivity index (χ2v) is 5.47. The van der Waals surface area contributed by atoms with Crippen molar-refractivity contribution in [3.05, 3.63) is 83.3 Å². The molecule has 0 saturated carbocycles. The number of rotatable bonds is 2. The van der Waals surface area contributed by atoms with Gasteiger partial charge in [-0.15, -0.1) is 0 Å². The number of nitrogens with zero attached hydrogens (tertiary/aromatic N) is 1. The highest BCUT2D eigenvalue weighted by Gasteiger charge is 2.16. The summed E-state index contributed by atoms with van der Waals surface area (Å²) in [5.41, 5.74) is 8.87. The van der Waals surface area contributed by atoms with Crippen LogP contribution in [0.5, 0.6) is 0 Å². The number of nitrogens with two attached hydrogens (primary N) is 1. The molecule has 4 rings (SSSR count). The number of fused-ring (bicyclic) bond motifs is 1. The molecule has 24 heavy (non-hydrogen) atoms. The van der Waals surface area contributed by atoms with Gasteiger partial charge >= 0.3 is 0 Å². The van der Waals surface area contributed by atoms with Crippen LogP contribution in [0.2, 0.25) is 0 Å². The number of nitrogen functional groups attached to an aromatic ring is 1. The predicted molar refractivity (Wildman–Crippen MR) is 95.6 cm³/mol. The third kappa shape index (κ3) is 2.34. The highest BCUT2D eigenvalue weighted by molar-refractivity contribution is 6.01. The van der Waals surface area contributed by atoms with Gasteiger partial charge in [0, 0.05) is 11.8 Å². The van der Waals surface area contributed by atoms with Crippen molar-refractivity contribution in [3.8, 4) is 22.6 Å². The fourth-order valence-corrected chi connectivity index (χ4v) is 2.93. The first-order valence-electron chi connectivity index (χ1n) is 7.57. The third-order valence-electron chi connectivity index (χ3n) is 3.99. The van der Waals surface area contributed by atoms with Crippen molar-refractivity contribution < 1.29 is 4.42 Å². The van der Waals surface area contributed by atoms with E-state index >= 15 is 0 Å². The summed E-state index contributed by atoms with van der Waals surface area (Å²) in [5, 5.41) is 2.23. The summed E-state index contributed by atoms with van der Waals surface area (Å²) in [5.74, 6) is 0.225. The molecule has 0 bridgehead atoms. The standard InChI is InChI=1S/C20H14N2O2/c21-17-10-4-9-16(19(17)20-22-18(23)11-12-24-20)15-8-3-6-13-5-1-2-7-14(13)15/h1-12H,21H2. The SMILES string of the molecule is Nc1cccc(-c2cccc3ccccc23)c1-c1nc(=O)cco1. The van der Waals surface area contributed by atoms with E-state index in [0.717, 1.165) is 21.9 Å². The van der Waals surface area contributed by atoms with Gasteiger partial charge in [0.2, 0.25) is 5.89 Å². The van der Waals surface area contributed by atoms with Crippen LogP contribution in [0.3, 0.4) is 0 Å². The molecule has 0 atom stereocenters. The smallest absolute Gasteiger partial charge is 0.276 e. The summed E-state index contributed by atoms with van der Waals surface area (Å²) in [4.78, 5) is 15.6. The topological polar surface area (TPSA) is 69.1 Å². The first-order valence-corrected chi connectivity index (χ1v) is 7.57. The molecule has 116 valence electrons. The molecule has 4 heteroatoms. The molecule has 4 nitrogen and oxygen atoms in total. The fraction of sp³-hybridized carbons (Fsp3) is 0. The minimum atomic E-state index is -0.358. The van der Waals surface area contributed by atoms with Crippen molar-refractivity contribution in [1.82, 2.24) is 4.98 Å². The van der Waals surface area contributed by atoms with Gasteiger partial charge in [0.1, 0.15) is 0 Å². The van der Waals surface area contributed by atoms with Gasteiger partial charge in [-0.1, -0.05) is 54.6 Å². The lowest BCUT2D eigenvalue weighted by Crippen LogP contribution is -2.05. The molecule has 0 spiro atoms. The van der Waals surface area contributed by atoms with Gasteiger partial charge in [-0.05, 0) is 28.0 Å². The van der Waals surface area contributed by atoms with E-state index in [1.165, 1.54) is 12.3 Å². The molecule has 1 heterocycles. The second-order valence-electron chi connectivity index (χ2n) is 5.47. The van der Waals surface area contributed by atoms with Crippen molar-refractivity contribution >= 4 is 16.5 Å². The Labute approximate surface area is 138 Å². The highest BCUT2D eigenvalue weighted by atomic mass is 16.3. The minimum Gasteiger partial charge on any atom is -0.446 e. The zero-order valence-corrected chi connectivity index (χ0v) is 12.8. The summed E-state index contributed by atoms with van der Waals surface area (Å²) >= 11 is 0. The molecular weight excluding hydrogens is 300 g/mol. The molecule has 0 amide bonds. The van der Waals surface area contributed by atoms with Crippen LogP contribution >= 0.6 is 0 Å². The van der Waals surface area contributed by atoms with E-state index in [2.05, 4.69) is 23.2 Å². The average molecular weight is 314 g/mol. The van der Waals surface area contributed by atoms with Crippen LogP contribution in [0.15, 0.2) is 82.2 Å². The molecule has 4 aromatic rings. The van der Waals surface area contributed by atoms with Crippen LogP contribution in [-0.4, -0.2) is 4.98 Å². The first-order chi connectivity index (χ1) is 11.7. The quantitative estimate of drug-likeness (QED) is 0.565. The van der Waals surface area contributed by atoms with E-state index in [4.69, 9.17) is 10.2 Å². The average Bonchev–Trinajstić information content (AvgIpc) is 2.61. The molecule has 0 aliphatic heterocycles. The van der Waals surface area contributed by atoms with E-state index in [-0.39, 0.29) is 11.4 Å². The maximum atomic E-state index is 11.6. The fourth-order valence-electron chi connectivity index (χ4n) is 2.93. The Kier molecular flexibility index (Phi) is 3.35. The lowest BCUT2D eigenvalue weighted by atomic mass is 9.93. The van der Waals surface area contributed by atoms with Crippen molar-refractivity contribution in [2.24, 2.45) is 0 Å². The zero-order valence-electron chi connectivity index (χ0n) is 12.8.